The standard InChI is InChI=1S/C15H27N5O/c1-4-15(5-2,20-10-6-7-11-20)13(19-16)12-14(21-3)18-9-8-17-12/h8-9,13,19H,4-7,10-11,16H2,1-3H3. The molecule has 0 amide bonds. The molecule has 2 rings (SSSR count). The molecule has 1 unspecified atom stereocenters. The van der Waals surface area contributed by atoms with Gasteiger partial charge in [0.1, 0.15) is 5.69 Å². The van der Waals surface area contributed by atoms with Crippen LogP contribution in [0.4, 0.5) is 0 Å². The summed E-state index contributed by atoms with van der Waals surface area (Å²) in [5.41, 5.74) is 3.72. The number of hydrogen-bond acceptors (Lipinski definition) is 6. The average Bonchev–Trinajstić information content (AvgIpc) is 3.07. The Labute approximate surface area is 127 Å². The zero-order chi connectivity index (χ0) is 15.3. The molecule has 1 aliphatic rings. The summed E-state index contributed by atoms with van der Waals surface area (Å²) in [5.74, 6) is 6.48. The fourth-order valence-corrected chi connectivity index (χ4v) is 3.63. The van der Waals surface area contributed by atoms with Gasteiger partial charge >= 0.3 is 0 Å². The van der Waals surface area contributed by atoms with Gasteiger partial charge in [-0.2, -0.15) is 0 Å². The Morgan fingerprint density at radius 1 is 1.29 bits per heavy atom. The summed E-state index contributed by atoms with van der Waals surface area (Å²) in [4.78, 5) is 11.3. The highest BCUT2D eigenvalue weighted by Crippen LogP contribution is 2.40. The van der Waals surface area contributed by atoms with Gasteiger partial charge in [-0.1, -0.05) is 13.8 Å². The first-order valence-corrected chi connectivity index (χ1v) is 7.79. The van der Waals surface area contributed by atoms with E-state index in [-0.39, 0.29) is 11.6 Å². The predicted octanol–water partition coefficient (Wildman–Crippen LogP) is 1.64. The van der Waals surface area contributed by atoms with Crippen LogP contribution in [-0.2, 0) is 0 Å². The topological polar surface area (TPSA) is 76.3 Å². The molecule has 1 fully saturated rings. The molecule has 1 aromatic heterocycles. The average molecular weight is 293 g/mol. The number of nitrogens with two attached hydrogens (primary N) is 1. The highest BCUT2D eigenvalue weighted by Gasteiger charge is 2.44. The molecule has 1 aliphatic heterocycles. The van der Waals surface area contributed by atoms with Gasteiger partial charge in [-0.05, 0) is 38.8 Å². The molecule has 21 heavy (non-hydrogen) atoms. The van der Waals surface area contributed by atoms with Crippen molar-refractivity contribution in [2.75, 3.05) is 20.2 Å². The lowest BCUT2D eigenvalue weighted by Crippen LogP contribution is -2.56. The third-order valence-electron chi connectivity index (χ3n) is 4.82. The minimum atomic E-state index is -0.103. The van der Waals surface area contributed by atoms with Crippen molar-refractivity contribution < 1.29 is 4.74 Å². The summed E-state index contributed by atoms with van der Waals surface area (Å²) < 4.78 is 5.39. The van der Waals surface area contributed by atoms with E-state index in [0.29, 0.717) is 5.88 Å². The number of hydrazine groups is 1. The van der Waals surface area contributed by atoms with Crippen LogP contribution < -0.4 is 16.0 Å². The quantitative estimate of drug-likeness (QED) is 0.588. The van der Waals surface area contributed by atoms with Gasteiger partial charge in [0.15, 0.2) is 0 Å². The Morgan fingerprint density at radius 3 is 2.43 bits per heavy atom. The number of hydrogen-bond donors (Lipinski definition) is 2. The van der Waals surface area contributed by atoms with Crippen LogP contribution in [0.5, 0.6) is 5.88 Å². The molecule has 6 nitrogen and oxygen atoms in total. The van der Waals surface area contributed by atoms with Gasteiger partial charge in [0, 0.05) is 17.9 Å². The maximum Gasteiger partial charge on any atom is 0.237 e. The molecule has 0 aliphatic carbocycles. The van der Waals surface area contributed by atoms with E-state index in [2.05, 4.69) is 34.1 Å². The van der Waals surface area contributed by atoms with E-state index >= 15 is 0 Å². The van der Waals surface area contributed by atoms with Crippen LogP contribution in [0.15, 0.2) is 12.4 Å². The van der Waals surface area contributed by atoms with Crippen molar-refractivity contribution in [3.63, 3.8) is 0 Å². The van der Waals surface area contributed by atoms with Crippen LogP contribution in [0.1, 0.15) is 51.3 Å². The summed E-state index contributed by atoms with van der Waals surface area (Å²) in [7, 11) is 1.62. The summed E-state index contributed by atoms with van der Waals surface area (Å²) in [6.07, 6.45) is 7.83. The van der Waals surface area contributed by atoms with Gasteiger partial charge in [0.2, 0.25) is 5.88 Å². The molecular weight excluding hydrogens is 266 g/mol. The van der Waals surface area contributed by atoms with E-state index < -0.39 is 0 Å². The monoisotopic (exact) mass is 293 g/mol. The first-order chi connectivity index (χ1) is 10.2. The number of methoxy groups -OCH3 is 1. The van der Waals surface area contributed by atoms with Crippen LogP contribution in [0.25, 0.3) is 0 Å². The Kier molecular flexibility index (Phi) is 5.50. The third-order valence-corrected chi connectivity index (χ3v) is 4.82. The fraction of sp³-hybridized carbons (Fsp3) is 0.733. The van der Waals surface area contributed by atoms with Gasteiger partial charge in [-0.25, -0.2) is 10.4 Å². The molecule has 0 saturated carbocycles. The lowest BCUT2D eigenvalue weighted by Gasteiger charge is -2.46. The van der Waals surface area contributed by atoms with Crippen molar-refractivity contribution in [3.8, 4) is 5.88 Å². The van der Waals surface area contributed by atoms with Gasteiger partial charge in [-0.3, -0.25) is 15.7 Å². The maximum atomic E-state index is 5.93. The van der Waals surface area contributed by atoms with Crippen molar-refractivity contribution in [2.24, 2.45) is 5.84 Å². The molecule has 118 valence electrons. The van der Waals surface area contributed by atoms with Crippen molar-refractivity contribution in [2.45, 2.75) is 51.1 Å². The molecular formula is C15H27N5O. The van der Waals surface area contributed by atoms with Crippen molar-refractivity contribution in [1.82, 2.24) is 20.3 Å². The summed E-state index contributed by atoms with van der Waals surface area (Å²) in [5, 5.41) is 0. The number of nitrogens with one attached hydrogen (secondary N) is 1. The normalized spacial score (nSPS) is 17.9. The second-order valence-electron chi connectivity index (χ2n) is 5.56. The molecule has 2 heterocycles. The molecule has 1 aromatic rings. The first kappa shape index (κ1) is 16.1. The third kappa shape index (κ3) is 2.88. The number of rotatable bonds is 7. The van der Waals surface area contributed by atoms with E-state index in [0.717, 1.165) is 31.6 Å². The van der Waals surface area contributed by atoms with Crippen LogP contribution in [0.2, 0.25) is 0 Å². The largest absolute Gasteiger partial charge is 0.480 e. The Balaban J connectivity index is 2.44. The van der Waals surface area contributed by atoms with Crippen molar-refractivity contribution in [3.05, 3.63) is 18.1 Å². The van der Waals surface area contributed by atoms with Crippen LogP contribution >= 0.6 is 0 Å². The second kappa shape index (κ2) is 7.15. The van der Waals surface area contributed by atoms with Crippen LogP contribution in [-0.4, -0.2) is 40.6 Å². The smallest absolute Gasteiger partial charge is 0.237 e. The molecule has 6 heteroatoms. The second-order valence-corrected chi connectivity index (χ2v) is 5.56. The summed E-state index contributed by atoms with van der Waals surface area (Å²) >= 11 is 0. The van der Waals surface area contributed by atoms with E-state index in [1.807, 2.05) is 0 Å². The lowest BCUT2D eigenvalue weighted by molar-refractivity contribution is 0.0587. The lowest BCUT2D eigenvalue weighted by atomic mass is 9.81. The van der Waals surface area contributed by atoms with Gasteiger partial charge in [0.25, 0.3) is 0 Å². The maximum absolute atomic E-state index is 5.93. The molecule has 1 atom stereocenters. The van der Waals surface area contributed by atoms with Gasteiger partial charge < -0.3 is 4.74 Å². The molecule has 0 spiro atoms. The number of nitrogens with zero attached hydrogens (tertiary/aromatic N) is 3. The number of ether oxygens (including phenoxy) is 1. The molecule has 3 N–H and O–H groups in total. The number of aromatic nitrogens is 2. The van der Waals surface area contributed by atoms with Crippen LogP contribution in [0, 0.1) is 0 Å². The van der Waals surface area contributed by atoms with Gasteiger partial charge in [-0.15, -0.1) is 0 Å². The SMILES string of the molecule is CCC(CC)(C(NN)c1nccnc1OC)N1CCCC1. The highest BCUT2D eigenvalue weighted by atomic mass is 16.5. The van der Waals surface area contributed by atoms with Crippen LogP contribution in [0.3, 0.4) is 0 Å². The zero-order valence-corrected chi connectivity index (χ0v) is 13.3. The Morgan fingerprint density at radius 2 is 1.90 bits per heavy atom. The summed E-state index contributed by atoms with van der Waals surface area (Å²) in [6.45, 7) is 6.66. The summed E-state index contributed by atoms with van der Waals surface area (Å²) in [6, 6.07) is -0.103. The van der Waals surface area contributed by atoms with Crippen molar-refractivity contribution in [1.29, 1.82) is 0 Å². The van der Waals surface area contributed by atoms with Crippen molar-refractivity contribution >= 4 is 0 Å². The minimum absolute atomic E-state index is 0.0609. The molecule has 0 aromatic carbocycles. The predicted molar refractivity (Wildman–Crippen MR) is 82.8 cm³/mol. The van der Waals surface area contributed by atoms with E-state index in [1.165, 1.54) is 12.8 Å². The fourth-order valence-electron chi connectivity index (χ4n) is 3.63. The first-order valence-electron chi connectivity index (χ1n) is 7.79. The highest BCUT2D eigenvalue weighted by molar-refractivity contribution is 5.25. The zero-order valence-electron chi connectivity index (χ0n) is 13.3. The molecule has 1 saturated heterocycles. The van der Waals surface area contributed by atoms with E-state index in [9.17, 15) is 0 Å². The van der Waals surface area contributed by atoms with E-state index in [1.54, 1.807) is 19.5 Å². The number of likely N-dealkylation sites (tertiary alicyclic amines) is 1. The molecule has 0 radical (unpaired) electrons. The Hall–Kier alpha value is -1.24. The van der Waals surface area contributed by atoms with Gasteiger partial charge in [0.05, 0.1) is 13.2 Å². The van der Waals surface area contributed by atoms with E-state index in [4.69, 9.17) is 10.6 Å². The Bertz CT molecular complexity index is 443. The minimum Gasteiger partial charge on any atom is -0.480 e. The molecule has 0 bridgehead atoms.